The number of aromatic nitrogens is 1. The molecule has 32 heavy (non-hydrogen) atoms. The Kier molecular flexibility index (Phi) is 6.71. The Labute approximate surface area is 190 Å². The van der Waals surface area contributed by atoms with Gasteiger partial charge in [-0.3, -0.25) is 9.59 Å². The number of likely N-dealkylation sites (N-methyl/N-ethyl adjacent to an activating group) is 1. The Hall–Kier alpha value is -2.59. The van der Waals surface area contributed by atoms with Crippen LogP contribution in [0.1, 0.15) is 61.9 Å². The van der Waals surface area contributed by atoms with E-state index < -0.39 is 0 Å². The van der Waals surface area contributed by atoms with E-state index in [0.717, 1.165) is 25.7 Å². The zero-order chi connectivity index (χ0) is 22.8. The van der Waals surface area contributed by atoms with Crippen molar-refractivity contribution in [3.05, 3.63) is 23.4 Å². The number of pyridine rings is 1. The summed E-state index contributed by atoms with van der Waals surface area (Å²) >= 11 is 0. The molecule has 0 unspecified atom stereocenters. The lowest BCUT2D eigenvalue weighted by molar-refractivity contribution is -0.131. The van der Waals surface area contributed by atoms with Crippen LogP contribution in [0.3, 0.4) is 0 Å². The van der Waals surface area contributed by atoms with Gasteiger partial charge in [0.05, 0.1) is 19.2 Å². The molecule has 3 aliphatic rings. The van der Waals surface area contributed by atoms with Gasteiger partial charge in [0.15, 0.2) is 0 Å². The maximum Gasteiger partial charge on any atom is 0.259 e. The van der Waals surface area contributed by atoms with Crippen molar-refractivity contribution in [1.82, 2.24) is 14.8 Å². The Balaban J connectivity index is 1.60. The molecule has 2 heterocycles. The molecule has 7 nitrogen and oxygen atoms in total. The molecule has 0 aromatic carbocycles. The third-order valence-electron chi connectivity index (χ3n) is 6.56. The minimum Gasteiger partial charge on any atom is -0.472 e. The smallest absolute Gasteiger partial charge is 0.259 e. The normalized spacial score (nSPS) is 23.8. The SMILES string of the molecule is C[C@@H]1CN([C@@H](C)CO)C(=O)c2cc(C#CC3CC3)cnc2O[C@@H]1CN(C)C(=O)CC1CC1. The van der Waals surface area contributed by atoms with Gasteiger partial charge in [-0.2, -0.15) is 0 Å². The molecule has 3 atom stereocenters. The van der Waals surface area contributed by atoms with Gasteiger partial charge in [-0.05, 0) is 44.6 Å². The number of nitrogens with zero attached hydrogens (tertiary/aromatic N) is 3. The molecule has 1 aromatic heterocycles. The van der Waals surface area contributed by atoms with E-state index in [1.54, 1.807) is 22.1 Å². The number of fused-ring (bicyclic) bond motifs is 1. The van der Waals surface area contributed by atoms with E-state index in [2.05, 4.69) is 16.8 Å². The van der Waals surface area contributed by atoms with Crippen LogP contribution in [0, 0.1) is 29.6 Å². The van der Waals surface area contributed by atoms with Crippen molar-refractivity contribution >= 4 is 11.8 Å². The van der Waals surface area contributed by atoms with Crippen molar-refractivity contribution in [2.45, 2.75) is 58.1 Å². The zero-order valence-electron chi connectivity index (χ0n) is 19.2. The summed E-state index contributed by atoms with van der Waals surface area (Å²) in [6, 6.07) is 1.40. The summed E-state index contributed by atoms with van der Waals surface area (Å²) in [5.41, 5.74) is 1.04. The third-order valence-corrected chi connectivity index (χ3v) is 6.56. The molecule has 2 aliphatic carbocycles. The molecule has 0 radical (unpaired) electrons. The highest BCUT2D eigenvalue weighted by Crippen LogP contribution is 2.33. The van der Waals surface area contributed by atoms with Crippen molar-refractivity contribution in [2.75, 3.05) is 26.7 Å². The summed E-state index contributed by atoms with van der Waals surface area (Å²) in [5.74, 6) is 7.43. The first-order valence-corrected chi connectivity index (χ1v) is 11.7. The second-order valence-electron chi connectivity index (χ2n) is 9.66. The summed E-state index contributed by atoms with van der Waals surface area (Å²) in [7, 11) is 1.81. The van der Waals surface area contributed by atoms with E-state index in [9.17, 15) is 14.7 Å². The Morgan fingerprint density at radius 3 is 2.78 bits per heavy atom. The molecule has 2 saturated carbocycles. The number of carbonyl (C=O) groups is 2. The average Bonchev–Trinajstić information content (AvgIpc) is 3.70. The topological polar surface area (TPSA) is 83.0 Å². The molecule has 2 amide bonds. The van der Waals surface area contributed by atoms with Crippen LogP contribution in [-0.4, -0.2) is 70.6 Å². The minimum atomic E-state index is -0.341. The molecule has 1 aromatic rings. The molecule has 172 valence electrons. The van der Waals surface area contributed by atoms with E-state index in [1.807, 2.05) is 20.9 Å². The molecule has 0 saturated heterocycles. The molecular formula is C25H33N3O4. The largest absolute Gasteiger partial charge is 0.472 e. The molecule has 1 N–H and O–H groups in total. The Bertz CT molecular complexity index is 929. The number of carbonyl (C=O) groups excluding carboxylic acids is 2. The number of hydrogen-bond acceptors (Lipinski definition) is 5. The first-order valence-electron chi connectivity index (χ1n) is 11.7. The van der Waals surface area contributed by atoms with Crippen molar-refractivity contribution in [1.29, 1.82) is 0 Å². The van der Waals surface area contributed by atoms with Gasteiger partial charge in [-0.15, -0.1) is 0 Å². The monoisotopic (exact) mass is 439 g/mol. The highest BCUT2D eigenvalue weighted by atomic mass is 16.5. The summed E-state index contributed by atoms with van der Waals surface area (Å²) in [6.07, 6.45) is 6.43. The Morgan fingerprint density at radius 1 is 1.38 bits per heavy atom. The molecule has 1 aliphatic heterocycles. The Morgan fingerprint density at radius 2 is 2.12 bits per heavy atom. The standard InChI is InChI=1S/C25H33N3O4/c1-16-13-28(17(2)15-29)25(31)21-10-20(9-6-18-4-5-18)12-26-24(21)32-22(16)14-27(3)23(30)11-19-7-8-19/h10,12,16-19,22,29H,4-5,7-8,11,13-15H2,1-3H3/t16-,17+,22-/m1/s1. The fourth-order valence-corrected chi connectivity index (χ4v) is 3.90. The highest BCUT2D eigenvalue weighted by molar-refractivity contribution is 5.97. The lowest BCUT2D eigenvalue weighted by Crippen LogP contribution is -2.50. The molecular weight excluding hydrogens is 406 g/mol. The highest BCUT2D eigenvalue weighted by Gasteiger charge is 2.35. The first kappa shape index (κ1) is 22.6. The van der Waals surface area contributed by atoms with E-state index in [4.69, 9.17) is 4.74 Å². The van der Waals surface area contributed by atoms with E-state index in [1.165, 1.54) is 0 Å². The van der Waals surface area contributed by atoms with Gasteiger partial charge in [0.2, 0.25) is 11.8 Å². The second-order valence-corrected chi connectivity index (χ2v) is 9.66. The third kappa shape index (κ3) is 5.42. The van der Waals surface area contributed by atoms with Crippen LogP contribution >= 0.6 is 0 Å². The summed E-state index contributed by atoms with van der Waals surface area (Å²) < 4.78 is 6.25. The van der Waals surface area contributed by atoms with Gasteiger partial charge in [0, 0.05) is 43.6 Å². The molecule has 0 spiro atoms. The summed E-state index contributed by atoms with van der Waals surface area (Å²) in [5, 5.41) is 9.77. The quantitative estimate of drug-likeness (QED) is 0.688. The van der Waals surface area contributed by atoms with Gasteiger partial charge in [-0.25, -0.2) is 4.98 Å². The number of aliphatic hydroxyl groups excluding tert-OH is 1. The van der Waals surface area contributed by atoms with Crippen LogP contribution in [0.4, 0.5) is 0 Å². The van der Waals surface area contributed by atoms with Gasteiger partial charge >= 0.3 is 0 Å². The second kappa shape index (κ2) is 9.50. The molecule has 0 bridgehead atoms. The predicted octanol–water partition coefficient (Wildman–Crippen LogP) is 2.32. The lowest BCUT2D eigenvalue weighted by atomic mass is 9.99. The van der Waals surface area contributed by atoms with Crippen molar-refractivity contribution in [3.8, 4) is 17.7 Å². The van der Waals surface area contributed by atoms with Crippen molar-refractivity contribution in [3.63, 3.8) is 0 Å². The number of aliphatic hydroxyl groups is 1. The van der Waals surface area contributed by atoms with E-state index in [-0.39, 0.29) is 42.4 Å². The number of rotatable bonds is 6. The lowest BCUT2D eigenvalue weighted by Gasteiger charge is -2.37. The fraction of sp³-hybridized carbons (Fsp3) is 0.640. The maximum atomic E-state index is 13.4. The van der Waals surface area contributed by atoms with Gasteiger partial charge in [0.1, 0.15) is 11.7 Å². The predicted molar refractivity (Wildman–Crippen MR) is 120 cm³/mol. The van der Waals surface area contributed by atoms with Crippen molar-refractivity contribution in [2.24, 2.45) is 17.8 Å². The van der Waals surface area contributed by atoms with Gasteiger partial charge in [-0.1, -0.05) is 18.8 Å². The first-order chi connectivity index (χ1) is 15.4. The van der Waals surface area contributed by atoms with Crippen LogP contribution in [-0.2, 0) is 4.79 Å². The summed E-state index contributed by atoms with van der Waals surface area (Å²) in [4.78, 5) is 33.8. The molecule has 7 heteroatoms. The minimum absolute atomic E-state index is 0.0478. The summed E-state index contributed by atoms with van der Waals surface area (Å²) in [6.45, 7) is 4.56. The van der Waals surface area contributed by atoms with E-state index >= 15 is 0 Å². The van der Waals surface area contributed by atoms with Gasteiger partial charge < -0.3 is 19.6 Å². The van der Waals surface area contributed by atoms with Crippen molar-refractivity contribution < 1.29 is 19.4 Å². The zero-order valence-corrected chi connectivity index (χ0v) is 19.2. The van der Waals surface area contributed by atoms with Crippen LogP contribution in [0.2, 0.25) is 0 Å². The van der Waals surface area contributed by atoms with Crippen LogP contribution in [0.25, 0.3) is 0 Å². The fourth-order valence-electron chi connectivity index (χ4n) is 3.90. The molecule has 2 fully saturated rings. The number of ether oxygens (including phenoxy) is 1. The van der Waals surface area contributed by atoms with Crippen LogP contribution in [0.15, 0.2) is 12.3 Å². The number of amides is 2. The average molecular weight is 440 g/mol. The maximum absolute atomic E-state index is 13.4. The number of hydrogen-bond donors (Lipinski definition) is 1. The van der Waals surface area contributed by atoms with Crippen LogP contribution < -0.4 is 4.74 Å². The van der Waals surface area contributed by atoms with Gasteiger partial charge in [0.25, 0.3) is 5.91 Å². The molecule has 4 rings (SSSR count). The van der Waals surface area contributed by atoms with E-state index in [0.29, 0.717) is 42.5 Å². The van der Waals surface area contributed by atoms with Crippen LogP contribution in [0.5, 0.6) is 5.88 Å².